The van der Waals surface area contributed by atoms with Crippen LogP contribution >= 0.6 is 0 Å². The summed E-state index contributed by atoms with van der Waals surface area (Å²) in [6.45, 7) is 6.29. The van der Waals surface area contributed by atoms with Gasteiger partial charge in [0.25, 0.3) is 0 Å². The van der Waals surface area contributed by atoms with Gasteiger partial charge in [0.15, 0.2) is 0 Å². The highest BCUT2D eigenvalue weighted by atomic mass is 19.4. The molecule has 1 aromatic heterocycles. The number of aromatic nitrogens is 1. The summed E-state index contributed by atoms with van der Waals surface area (Å²) in [6, 6.07) is 7.42. The molecular weight excluding hydrogens is 379 g/mol. The smallest absolute Gasteiger partial charge is 0.382 e. The molecule has 0 radical (unpaired) electrons. The maximum absolute atomic E-state index is 13.4. The third-order valence-electron chi connectivity index (χ3n) is 5.27. The molecule has 0 saturated carbocycles. The highest BCUT2D eigenvalue weighted by Gasteiger charge is 2.35. The normalized spacial score (nSPS) is 16.2. The number of rotatable bonds is 7. The van der Waals surface area contributed by atoms with Crippen LogP contribution in [0.25, 0.3) is 16.3 Å². The van der Waals surface area contributed by atoms with Gasteiger partial charge in [-0.3, -0.25) is 0 Å². The lowest BCUT2D eigenvalue weighted by Gasteiger charge is -2.30. The van der Waals surface area contributed by atoms with Gasteiger partial charge in [0.2, 0.25) is 0 Å². The quantitative estimate of drug-likeness (QED) is 0.604. The van der Waals surface area contributed by atoms with E-state index in [9.17, 15) is 13.2 Å². The lowest BCUT2D eigenvalue weighted by molar-refractivity contribution is -0.0688. The largest absolute Gasteiger partial charge is 0.417 e. The van der Waals surface area contributed by atoms with E-state index in [0.29, 0.717) is 36.1 Å². The summed E-state index contributed by atoms with van der Waals surface area (Å²) in [4.78, 5) is 6.50. The van der Waals surface area contributed by atoms with E-state index in [0.717, 1.165) is 31.6 Å². The van der Waals surface area contributed by atoms with E-state index >= 15 is 0 Å². The number of allylic oxidation sites excluding steroid dienone is 1. The average molecular weight is 407 g/mol. The molecule has 3 rings (SSSR count). The molecule has 0 amide bonds. The van der Waals surface area contributed by atoms with Crippen molar-refractivity contribution in [3.8, 4) is 0 Å². The minimum atomic E-state index is -4.55. The predicted octanol–water partition coefficient (Wildman–Crippen LogP) is 4.08. The van der Waals surface area contributed by atoms with Crippen molar-refractivity contribution in [1.29, 1.82) is 0 Å². The van der Waals surface area contributed by atoms with Crippen LogP contribution in [0.4, 0.5) is 24.7 Å². The van der Waals surface area contributed by atoms with Gasteiger partial charge < -0.3 is 21.3 Å². The fourth-order valence-corrected chi connectivity index (χ4v) is 3.55. The van der Waals surface area contributed by atoms with Crippen LogP contribution in [-0.4, -0.2) is 55.3 Å². The molecule has 2 aromatic rings. The summed E-state index contributed by atoms with van der Waals surface area (Å²) in [6.07, 6.45) is -1.87. The highest BCUT2D eigenvalue weighted by Crippen LogP contribution is 2.38. The molecule has 29 heavy (non-hydrogen) atoms. The van der Waals surface area contributed by atoms with Crippen molar-refractivity contribution < 1.29 is 13.2 Å². The number of benzene rings is 1. The lowest BCUT2D eigenvalue weighted by atomic mass is 10.0. The molecule has 1 aromatic carbocycles. The van der Waals surface area contributed by atoms with E-state index in [4.69, 9.17) is 5.73 Å². The van der Waals surface area contributed by atoms with Gasteiger partial charge in [0.1, 0.15) is 5.82 Å². The summed E-state index contributed by atoms with van der Waals surface area (Å²) in [5, 5.41) is 7.76. The summed E-state index contributed by atoms with van der Waals surface area (Å²) in [5.41, 5.74) is 5.25. The van der Waals surface area contributed by atoms with Crippen molar-refractivity contribution in [2.24, 2.45) is 5.73 Å². The Morgan fingerprint density at radius 2 is 2.00 bits per heavy atom. The second-order valence-electron chi connectivity index (χ2n) is 7.52. The van der Waals surface area contributed by atoms with E-state index in [1.807, 2.05) is 6.07 Å². The van der Waals surface area contributed by atoms with Gasteiger partial charge in [-0.15, -0.1) is 0 Å². The zero-order valence-corrected chi connectivity index (χ0v) is 16.6. The topological polar surface area (TPSA) is 66.2 Å². The average Bonchev–Trinajstić information content (AvgIpc) is 2.68. The molecule has 0 atom stereocenters. The summed E-state index contributed by atoms with van der Waals surface area (Å²) in [5.74, 6) is 0.393. The zero-order chi connectivity index (χ0) is 21.0. The van der Waals surface area contributed by atoms with Crippen LogP contribution < -0.4 is 16.4 Å². The third-order valence-corrected chi connectivity index (χ3v) is 5.27. The Bertz CT molecular complexity index is 857. The summed E-state index contributed by atoms with van der Waals surface area (Å²) >= 11 is 0. The number of anilines is 2. The van der Waals surface area contributed by atoms with Crippen LogP contribution in [0.3, 0.4) is 0 Å². The molecule has 0 aliphatic carbocycles. The molecular formula is C21H28F3N5. The maximum Gasteiger partial charge on any atom is 0.417 e. The zero-order valence-electron chi connectivity index (χ0n) is 16.6. The van der Waals surface area contributed by atoms with Gasteiger partial charge in [0, 0.05) is 29.0 Å². The molecule has 4 N–H and O–H groups in total. The van der Waals surface area contributed by atoms with Crippen LogP contribution in [0.5, 0.6) is 0 Å². The minimum absolute atomic E-state index is 0.141. The van der Waals surface area contributed by atoms with Crippen LogP contribution in [0.1, 0.15) is 25.0 Å². The Hall–Kier alpha value is -2.32. The molecule has 0 unspecified atom stereocenters. The predicted molar refractivity (Wildman–Crippen MR) is 113 cm³/mol. The van der Waals surface area contributed by atoms with Crippen LogP contribution in [0.15, 0.2) is 30.8 Å². The highest BCUT2D eigenvalue weighted by molar-refractivity contribution is 6.01. The third kappa shape index (κ3) is 5.19. The SMILES string of the molecule is C=C(c1nc(NCCCN)cc2c(NC3CCN(C)CC3)cccc12)C(F)(F)F. The number of nitrogens with zero attached hydrogens (tertiary/aromatic N) is 2. The van der Waals surface area contributed by atoms with Crippen molar-refractivity contribution in [3.63, 3.8) is 0 Å². The second kappa shape index (κ2) is 9.00. The molecule has 2 heterocycles. The molecule has 1 aliphatic rings. The number of nitrogens with two attached hydrogens (primary N) is 1. The number of hydrogen-bond donors (Lipinski definition) is 3. The molecule has 0 spiro atoms. The van der Waals surface area contributed by atoms with Crippen LogP contribution in [0.2, 0.25) is 0 Å². The molecule has 1 fully saturated rings. The number of pyridine rings is 1. The standard InChI is InChI=1S/C21H28F3N5/c1-14(21(22,23)24)20-16-5-3-6-18(27-15-7-11-29(2)12-8-15)17(16)13-19(28-20)26-10-4-9-25/h3,5-6,13,15,27H,1,4,7-12,25H2,2H3,(H,26,28). The van der Waals surface area contributed by atoms with E-state index in [1.54, 1.807) is 18.2 Å². The fourth-order valence-electron chi connectivity index (χ4n) is 3.55. The first-order valence-corrected chi connectivity index (χ1v) is 9.89. The van der Waals surface area contributed by atoms with Crippen molar-refractivity contribution in [2.75, 3.05) is 43.9 Å². The molecule has 5 nitrogen and oxygen atoms in total. The monoisotopic (exact) mass is 407 g/mol. The molecule has 0 bridgehead atoms. The van der Waals surface area contributed by atoms with E-state index < -0.39 is 11.7 Å². The Balaban J connectivity index is 2.01. The Morgan fingerprint density at radius 1 is 1.28 bits per heavy atom. The summed E-state index contributed by atoms with van der Waals surface area (Å²) < 4.78 is 40.2. The van der Waals surface area contributed by atoms with Gasteiger partial charge in [-0.2, -0.15) is 13.2 Å². The van der Waals surface area contributed by atoms with E-state index in [2.05, 4.69) is 34.1 Å². The van der Waals surface area contributed by atoms with Crippen LogP contribution in [-0.2, 0) is 0 Å². The molecule has 1 aliphatic heterocycles. The first kappa shape index (κ1) is 21.4. The van der Waals surface area contributed by atoms with Gasteiger partial charge in [-0.25, -0.2) is 4.98 Å². The van der Waals surface area contributed by atoms with Gasteiger partial charge >= 0.3 is 6.18 Å². The van der Waals surface area contributed by atoms with Gasteiger partial charge in [-0.1, -0.05) is 18.7 Å². The Morgan fingerprint density at radius 3 is 2.66 bits per heavy atom. The van der Waals surface area contributed by atoms with Crippen molar-refractivity contribution in [3.05, 3.63) is 36.5 Å². The lowest BCUT2D eigenvalue weighted by Crippen LogP contribution is -2.36. The number of alkyl halides is 3. The fraction of sp³-hybridized carbons (Fsp3) is 0.476. The number of nitrogens with one attached hydrogen (secondary N) is 2. The number of fused-ring (bicyclic) bond motifs is 1. The van der Waals surface area contributed by atoms with E-state index in [-0.39, 0.29) is 11.7 Å². The second-order valence-corrected chi connectivity index (χ2v) is 7.52. The first-order chi connectivity index (χ1) is 13.8. The van der Waals surface area contributed by atoms with Crippen molar-refractivity contribution >= 4 is 27.9 Å². The Labute approximate surface area is 169 Å². The number of likely N-dealkylation sites (tertiary alicyclic amines) is 1. The van der Waals surface area contributed by atoms with E-state index in [1.165, 1.54) is 0 Å². The number of halogens is 3. The molecule has 158 valence electrons. The Kier molecular flexibility index (Phi) is 6.64. The van der Waals surface area contributed by atoms with Crippen molar-refractivity contribution in [2.45, 2.75) is 31.5 Å². The number of hydrogen-bond acceptors (Lipinski definition) is 5. The minimum Gasteiger partial charge on any atom is -0.382 e. The first-order valence-electron chi connectivity index (χ1n) is 9.89. The number of piperidine rings is 1. The van der Waals surface area contributed by atoms with Gasteiger partial charge in [-0.05, 0) is 58.1 Å². The van der Waals surface area contributed by atoms with Crippen LogP contribution in [0, 0.1) is 0 Å². The molecule has 1 saturated heterocycles. The molecule has 8 heteroatoms. The van der Waals surface area contributed by atoms with Crippen molar-refractivity contribution in [1.82, 2.24) is 9.88 Å². The summed E-state index contributed by atoms with van der Waals surface area (Å²) in [7, 11) is 2.09. The maximum atomic E-state index is 13.4. The van der Waals surface area contributed by atoms with Gasteiger partial charge in [0.05, 0.1) is 11.3 Å².